The van der Waals surface area contributed by atoms with Gasteiger partial charge in [-0.25, -0.2) is 9.48 Å². The van der Waals surface area contributed by atoms with Crippen LogP contribution in [0.4, 0.5) is 11.4 Å². The highest BCUT2D eigenvalue weighted by atomic mass is 16.5. The number of para-hydroxylation sites is 2. The van der Waals surface area contributed by atoms with E-state index in [-0.39, 0.29) is 11.5 Å². The Morgan fingerprint density at radius 2 is 1.93 bits per heavy atom. The van der Waals surface area contributed by atoms with E-state index in [1.165, 1.54) is 4.90 Å². The highest BCUT2D eigenvalue weighted by Crippen LogP contribution is 2.36. The van der Waals surface area contributed by atoms with Crippen molar-refractivity contribution in [1.29, 1.82) is 0 Å². The number of nitrogens with zero attached hydrogens (tertiary/aromatic N) is 4. The van der Waals surface area contributed by atoms with Gasteiger partial charge >= 0.3 is 5.97 Å². The summed E-state index contributed by atoms with van der Waals surface area (Å²) in [6.07, 6.45) is 0. The normalized spacial score (nSPS) is 14.9. The Morgan fingerprint density at radius 3 is 2.70 bits per heavy atom. The highest BCUT2D eigenvalue weighted by molar-refractivity contribution is 6.14. The Balaban J connectivity index is 1.53. The molecule has 30 heavy (non-hydrogen) atoms. The second-order valence-electron chi connectivity index (χ2n) is 7.44. The van der Waals surface area contributed by atoms with E-state index < -0.39 is 24.0 Å². The summed E-state index contributed by atoms with van der Waals surface area (Å²) in [4.78, 5) is 39.3. The molecule has 1 aliphatic rings. The summed E-state index contributed by atoms with van der Waals surface area (Å²) in [6.45, 7) is 5.40. The molecule has 2 heterocycles. The van der Waals surface area contributed by atoms with Crippen LogP contribution in [0.3, 0.4) is 0 Å². The number of nitrogens with one attached hydrogen (secondary N) is 1. The van der Waals surface area contributed by atoms with Crippen molar-refractivity contribution in [1.82, 2.24) is 15.0 Å². The molecular weight excluding hydrogens is 386 g/mol. The quantitative estimate of drug-likeness (QED) is 0.666. The molecule has 0 atom stereocenters. The number of fused-ring (bicyclic) bond motifs is 2. The number of anilines is 2. The number of esters is 1. The van der Waals surface area contributed by atoms with Crippen LogP contribution in [0.5, 0.6) is 0 Å². The Hall–Kier alpha value is -3.75. The van der Waals surface area contributed by atoms with Gasteiger partial charge in [-0.2, -0.15) is 0 Å². The van der Waals surface area contributed by atoms with E-state index in [9.17, 15) is 14.4 Å². The fourth-order valence-corrected chi connectivity index (χ4v) is 3.51. The number of carbonyl (C=O) groups is 3. The largest absolute Gasteiger partial charge is 0.452 e. The van der Waals surface area contributed by atoms with Crippen LogP contribution in [-0.2, 0) is 20.9 Å². The van der Waals surface area contributed by atoms with Crippen LogP contribution < -0.4 is 10.2 Å². The smallest absolute Gasteiger partial charge is 0.338 e. The second kappa shape index (κ2) is 7.25. The van der Waals surface area contributed by atoms with Gasteiger partial charge in [0.25, 0.3) is 5.91 Å². The van der Waals surface area contributed by atoms with Crippen LogP contribution in [0.25, 0.3) is 11.0 Å². The average Bonchev–Trinajstić information content (AvgIpc) is 3.15. The van der Waals surface area contributed by atoms with Crippen molar-refractivity contribution in [3.63, 3.8) is 0 Å². The van der Waals surface area contributed by atoms with E-state index in [1.54, 1.807) is 61.0 Å². The molecule has 0 unspecified atom stereocenters. The summed E-state index contributed by atoms with van der Waals surface area (Å²) in [5.74, 6) is -1.46. The van der Waals surface area contributed by atoms with Crippen LogP contribution in [-0.4, -0.2) is 44.9 Å². The number of carbonyl (C=O) groups excluding carboxylic acids is 3. The van der Waals surface area contributed by atoms with E-state index in [0.29, 0.717) is 23.4 Å². The van der Waals surface area contributed by atoms with Gasteiger partial charge in [0.05, 0.1) is 22.5 Å². The van der Waals surface area contributed by atoms with Crippen LogP contribution in [0.1, 0.15) is 31.1 Å². The summed E-state index contributed by atoms with van der Waals surface area (Å²) in [7, 11) is 0. The van der Waals surface area contributed by atoms with E-state index in [2.05, 4.69) is 15.6 Å². The molecule has 0 saturated carbocycles. The minimum Gasteiger partial charge on any atom is -0.452 e. The predicted octanol–water partition coefficient (Wildman–Crippen LogP) is 2.37. The predicted molar refractivity (Wildman–Crippen MR) is 110 cm³/mol. The minimum absolute atomic E-state index is 0.273. The summed E-state index contributed by atoms with van der Waals surface area (Å²) in [5, 5.41) is 10.8. The van der Waals surface area contributed by atoms with E-state index >= 15 is 0 Å². The lowest BCUT2D eigenvalue weighted by Crippen LogP contribution is -2.59. The zero-order valence-corrected chi connectivity index (χ0v) is 16.9. The molecule has 154 valence electrons. The molecule has 3 aromatic rings. The maximum absolute atomic E-state index is 13.0. The van der Waals surface area contributed by atoms with Gasteiger partial charge in [-0.1, -0.05) is 17.3 Å². The second-order valence-corrected chi connectivity index (χ2v) is 7.44. The first-order chi connectivity index (χ1) is 14.3. The molecule has 0 aliphatic carbocycles. The molecule has 2 amide bonds. The lowest BCUT2D eigenvalue weighted by atomic mass is 9.96. The first-order valence-electron chi connectivity index (χ1n) is 9.57. The van der Waals surface area contributed by atoms with Crippen molar-refractivity contribution in [2.24, 2.45) is 0 Å². The number of amides is 2. The van der Waals surface area contributed by atoms with Crippen molar-refractivity contribution in [3.8, 4) is 0 Å². The molecule has 0 fully saturated rings. The molecule has 0 spiro atoms. The number of hydrogen-bond acceptors (Lipinski definition) is 6. The van der Waals surface area contributed by atoms with E-state index in [1.807, 2.05) is 6.92 Å². The van der Waals surface area contributed by atoms with Gasteiger partial charge in [-0.05, 0) is 51.1 Å². The zero-order chi connectivity index (χ0) is 21.5. The van der Waals surface area contributed by atoms with Gasteiger partial charge in [-0.3, -0.25) is 14.5 Å². The molecule has 4 rings (SSSR count). The Kier molecular flexibility index (Phi) is 4.73. The third-order valence-corrected chi connectivity index (χ3v) is 5.13. The SMILES string of the molecule is CCn1nnc2cc(C(=O)OCC(=O)N3c4ccccc4NC(=O)C3(C)C)ccc21. The lowest BCUT2D eigenvalue weighted by Gasteiger charge is -2.41. The van der Waals surface area contributed by atoms with Crippen molar-refractivity contribution >= 4 is 40.2 Å². The molecular formula is C21H21N5O4. The third kappa shape index (κ3) is 3.18. The monoisotopic (exact) mass is 407 g/mol. The average molecular weight is 407 g/mol. The summed E-state index contributed by atoms with van der Waals surface area (Å²) < 4.78 is 6.97. The number of aromatic nitrogens is 3. The first kappa shape index (κ1) is 19.6. The van der Waals surface area contributed by atoms with Gasteiger partial charge in [0.1, 0.15) is 11.1 Å². The molecule has 0 saturated heterocycles. The maximum Gasteiger partial charge on any atom is 0.338 e. The van der Waals surface area contributed by atoms with Crippen LogP contribution in [0.15, 0.2) is 42.5 Å². The number of rotatable bonds is 4. The first-order valence-corrected chi connectivity index (χ1v) is 9.57. The summed E-state index contributed by atoms with van der Waals surface area (Å²) in [5.41, 5.74) is 1.61. The maximum atomic E-state index is 13.0. The number of hydrogen-bond donors (Lipinski definition) is 1. The summed E-state index contributed by atoms with van der Waals surface area (Å²) >= 11 is 0. The fraction of sp³-hybridized carbons (Fsp3) is 0.286. The van der Waals surface area contributed by atoms with E-state index in [4.69, 9.17) is 4.74 Å². The van der Waals surface area contributed by atoms with Crippen LogP contribution in [0.2, 0.25) is 0 Å². The molecule has 9 nitrogen and oxygen atoms in total. The van der Waals surface area contributed by atoms with Crippen molar-refractivity contribution in [3.05, 3.63) is 48.0 Å². The molecule has 2 aromatic carbocycles. The zero-order valence-electron chi connectivity index (χ0n) is 16.9. The van der Waals surface area contributed by atoms with Gasteiger partial charge in [0.2, 0.25) is 5.91 Å². The highest BCUT2D eigenvalue weighted by Gasteiger charge is 2.43. The number of ether oxygens (including phenoxy) is 1. The molecule has 1 aromatic heterocycles. The minimum atomic E-state index is -1.13. The van der Waals surface area contributed by atoms with Gasteiger partial charge in [0, 0.05) is 6.54 Å². The lowest BCUT2D eigenvalue weighted by molar-refractivity contribution is -0.128. The number of benzene rings is 2. The summed E-state index contributed by atoms with van der Waals surface area (Å²) in [6, 6.07) is 11.9. The van der Waals surface area contributed by atoms with Crippen LogP contribution in [0, 0.1) is 0 Å². The van der Waals surface area contributed by atoms with Crippen molar-refractivity contribution in [2.45, 2.75) is 32.9 Å². The molecule has 1 aliphatic heterocycles. The number of aryl methyl sites for hydroxylation is 1. The topological polar surface area (TPSA) is 106 Å². The molecule has 0 radical (unpaired) electrons. The van der Waals surface area contributed by atoms with Crippen LogP contribution >= 0.6 is 0 Å². The third-order valence-electron chi connectivity index (χ3n) is 5.13. The molecule has 9 heteroatoms. The van der Waals surface area contributed by atoms with E-state index in [0.717, 1.165) is 5.52 Å². The Morgan fingerprint density at radius 1 is 1.17 bits per heavy atom. The van der Waals surface area contributed by atoms with Gasteiger partial charge < -0.3 is 10.1 Å². The Labute approximate surface area is 172 Å². The Bertz CT molecular complexity index is 1170. The van der Waals surface area contributed by atoms with Crippen molar-refractivity contribution in [2.75, 3.05) is 16.8 Å². The standard InChI is InChI=1S/C21H21N5O4/c1-4-25-16-10-9-13(11-15(16)23-24-25)19(28)30-12-18(27)26-17-8-6-5-7-14(17)22-20(29)21(26,2)3/h5-11H,4,12H2,1-3H3,(H,22,29). The molecule has 1 N–H and O–H groups in total. The molecule has 0 bridgehead atoms. The van der Waals surface area contributed by atoms with Crippen molar-refractivity contribution < 1.29 is 19.1 Å². The fourth-order valence-electron chi connectivity index (χ4n) is 3.51. The van der Waals surface area contributed by atoms with Gasteiger partial charge in [0.15, 0.2) is 6.61 Å². The van der Waals surface area contributed by atoms with Gasteiger partial charge in [-0.15, -0.1) is 5.10 Å².